The lowest BCUT2D eigenvalue weighted by atomic mass is 9.80. The molecule has 2 aliphatic rings. The van der Waals surface area contributed by atoms with Gasteiger partial charge in [0.05, 0.1) is 20.1 Å². The van der Waals surface area contributed by atoms with Crippen LogP contribution in [0.1, 0.15) is 40.6 Å². The summed E-state index contributed by atoms with van der Waals surface area (Å²) in [5.41, 5.74) is 4.84. The van der Waals surface area contributed by atoms with Crippen LogP contribution in [0.5, 0.6) is 11.5 Å². The fourth-order valence-electron chi connectivity index (χ4n) is 4.30. The first-order valence-electron chi connectivity index (χ1n) is 9.19. The number of carbonyl (C=O) groups excluding carboxylic acids is 1. The summed E-state index contributed by atoms with van der Waals surface area (Å²) >= 11 is 0. The standard InChI is InChI=1S/C22H25NO3/c1-14-4-6-15(7-5-14)18-13-23-9-8-16-10-21(25-2)22(26-3)11-17(16)19(23)12-20(18)24/h4-7,10-11,18-19H,8-9,12-13H2,1-3H3/t18-,19?/m0/s1. The zero-order valence-electron chi connectivity index (χ0n) is 15.6. The maximum Gasteiger partial charge on any atom is 0.161 e. The van der Waals surface area contributed by atoms with Crippen molar-refractivity contribution < 1.29 is 14.3 Å². The molecule has 2 atom stereocenters. The number of aryl methyl sites for hydroxylation is 1. The molecule has 26 heavy (non-hydrogen) atoms. The van der Waals surface area contributed by atoms with E-state index in [9.17, 15) is 4.79 Å². The first kappa shape index (κ1) is 17.1. The fourth-order valence-corrected chi connectivity index (χ4v) is 4.30. The van der Waals surface area contributed by atoms with Crippen LogP contribution in [0.2, 0.25) is 0 Å². The Bertz CT molecular complexity index is 828. The van der Waals surface area contributed by atoms with Crippen molar-refractivity contribution in [2.45, 2.75) is 31.7 Å². The van der Waals surface area contributed by atoms with Gasteiger partial charge < -0.3 is 9.47 Å². The van der Waals surface area contributed by atoms with E-state index in [0.717, 1.165) is 36.6 Å². The molecule has 0 aromatic heterocycles. The number of benzene rings is 2. The largest absolute Gasteiger partial charge is 0.493 e. The molecule has 4 rings (SSSR count). The molecule has 4 heteroatoms. The number of Topliss-reactive ketones (excluding diaryl/α,β-unsaturated/α-hetero) is 1. The fraction of sp³-hybridized carbons (Fsp3) is 0.409. The Morgan fingerprint density at radius 2 is 1.73 bits per heavy atom. The Balaban J connectivity index is 1.64. The van der Waals surface area contributed by atoms with E-state index in [1.807, 2.05) is 0 Å². The number of ether oxygens (including phenoxy) is 2. The monoisotopic (exact) mass is 351 g/mol. The number of hydrogen-bond donors (Lipinski definition) is 0. The van der Waals surface area contributed by atoms with E-state index < -0.39 is 0 Å². The second kappa shape index (κ2) is 6.76. The quantitative estimate of drug-likeness (QED) is 0.846. The minimum atomic E-state index is -0.0199. The van der Waals surface area contributed by atoms with Crippen molar-refractivity contribution in [2.24, 2.45) is 0 Å². The van der Waals surface area contributed by atoms with Crippen molar-refractivity contribution in [3.63, 3.8) is 0 Å². The maximum absolute atomic E-state index is 12.9. The molecule has 1 saturated heterocycles. The van der Waals surface area contributed by atoms with Crippen molar-refractivity contribution in [3.8, 4) is 11.5 Å². The van der Waals surface area contributed by atoms with E-state index in [1.54, 1.807) is 14.2 Å². The van der Waals surface area contributed by atoms with E-state index in [4.69, 9.17) is 9.47 Å². The highest BCUT2D eigenvalue weighted by molar-refractivity contribution is 5.87. The van der Waals surface area contributed by atoms with Crippen LogP contribution in [0.25, 0.3) is 0 Å². The molecule has 0 radical (unpaired) electrons. The smallest absolute Gasteiger partial charge is 0.161 e. The molecule has 2 aliphatic heterocycles. The molecule has 2 heterocycles. The summed E-state index contributed by atoms with van der Waals surface area (Å²) in [6.07, 6.45) is 1.53. The Morgan fingerprint density at radius 1 is 1.04 bits per heavy atom. The summed E-state index contributed by atoms with van der Waals surface area (Å²) in [5, 5.41) is 0. The van der Waals surface area contributed by atoms with Gasteiger partial charge in [-0.25, -0.2) is 0 Å². The summed E-state index contributed by atoms with van der Waals surface area (Å²) in [6, 6.07) is 12.7. The number of hydrogen-bond acceptors (Lipinski definition) is 4. The molecule has 4 nitrogen and oxygen atoms in total. The SMILES string of the molecule is COc1cc2c(cc1OC)C1CC(=O)[C@H](c3ccc(C)cc3)CN1CC2. The first-order chi connectivity index (χ1) is 12.6. The Morgan fingerprint density at radius 3 is 2.42 bits per heavy atom. The zero-order valence-corrected chi connectivity index (χ0v) is 15.6. The summed E-state index contributed by atoms with van der Waals surface area (Å²) in [7, 11) is 3.32. The van der Waals surface area contributed by atoms with Crippen molar-refractivity contribution in [2.75, 3.05) is 27.3 Å². The number of carbonyl (C=O) groups is 1. The van der Waals surface area contributed by atoms with Gasteiger partial charge in [0.2, 0.25) is 0 Å². The second-order valence-corrected chi connectivity index (χ2v) is 7.30. The number of fused-ring (bicyclic) bond motifs is 3. The third-order valence-electron chi connectivity index (χ3n) is 5.79. The third-order valence-corrected chi connectivity index (χ3v) is 5.79. The highest BCUT2D eigenvalue weighted by Crippen LogP contribution is 2.43. The van der Waals surface area contributed by atoms with Crippen LogP contribution in [-0.2, 0) is 11.2 Å². The van der Waals surface area contributed by atoms with Gasteiger partial charge >= 0.3 is 0 Å². The van der Waals surface area contributed by atoms with Gasteiger partial charge in [-0.15, -0.1) is 0 Å². The van der Waals surface area contributed by atoms with Crippen molar-refractivity contribution in [1.29, 1.82) is 0 Å². The molecule has 0 N–H and O–H groups in total. The van der Waals surface area contributed by atoms with Crippen molar-refractivity contribution >= 4 is 5.78 Å². The van der Waals surface area contributed by atoms with E-state index in [2.05, 4.69) is 48.2 Å². The van der Waals surface area contributed by atoms with Gasteiger partial charge in [0.25, 0.3) is 0 Å². The van der Waals surface area contributed by atoms with Gasteiger partial charge in [0.1, 0.15) is 5.78 Å². The van der Waals surface area contributed by atoms with Crippen LogP contribution in [0.4, 0.5) is 0 Å². The van der Waals surface area contributed by atoms with Gasteiger partial charge in [-0.05, 0) is 42.2 Å². The topological polar surface area (TPSA) is 38.8 Å². The first-order valence-corrected chi connectivity index (χ1v) is 9.19. The zero-order chi connectivity index (χ0) is 18.3. The Labute approximate surface area is 154 Å². The molecule has 1 fully saturated rings. The van der Waals surface area contributed by atoms with Crippen LogP contribution < -0.4 is 9.47 Å². The van der Waals surface area contributed by atoms with Gasteiger partial charge in [-0.1, -0.05) is 29.8 Å². The van der Waals surface area contributed by atoms with E-state index in [-0.39, 0.29) is 12.0 Å². The van der Waals surface area contributed by atoms with Crippen LogP contribution in [0, 0.1) is 6.92 Å². The summed E-state index contributed by atoms with van der Waals surface area (Å²) in [4.78, 5) is 15.4. The van der Waals surface area contributed by atoms with Gasteiger partial charge in [-0.2, -0.15) is 0 Å². The number of methoxy groups -OCH3 is 2. The lowest BCUT2D eigenvalue weighted by Crippen LogP contribution is -2.45. The Hall–Kier alpha value is -2.33. The number of rotatable bonds is 3. The molecule has 2 aromatic carbocycles. The molecule has 0 spiro atoms. The van der Waals surface area contributed by atoms with Gasteiger partial charge in [-0.3, -0.25) is 9.69 Å². The van der Waals surface area contributed by atoms with E-state index in [0.29, 0.717) is 12.2 Å². The molecule has 1 unspecified atom stereocenters. The van der Waals surface area contributed by atoms with Crippen molar-refractivity contribution in [3.05, 3.63) is 58.7 Å². The van der Waals surface area contributed by atoms with Gasteiger partial charge in [0, 0.05) is 25.6 Å². The highest BCUT2D eigenvalue weighted by atomic mass is 16.5. The number of ketones is 1. The maximum atomic E-state index is 12.9. The summed E-state index contributed by atoms with van der Waals surface area (Å²) in [6.45, 7) is 3.84. The van der Waals surface area contributed by atoms with E-state index >= 15 is 0 Å². The molecule has 2 aromatic rings. The minimum Gasteiger partial charge on any atom is -0.493 e. The molecular formula is C22H25NO3. The predicted octanol–water partition coefficient (Wildman–Crippen LogP) is 3.67. The minimum absolute atomic E-state index is 0.0199. The summed E-state index contributed by atoms with van der Waals surface area (Å²) < 4.78 is 10.9. The molecular weight excluding hydrogens is 326 g/mol. The highest BCUT2D eigenvalue weighted by Gasteiger charge is 2.39. The summed E-state index contributed by atoms with van der Waals surface area (Å²) in [5.74, 6) is 1.81. The number of nitrogens with zero attached hydrogens (tertiary/aromatic N) is 1. The average molecular weight is 351 g/mol. The van der Waals surface area contributed by atoms with Crippen LogP contribution >= 0.6 is 0 Å². The van der Waals surface area contributed by atoms with E-state index in [1.165, 1.54) is 16.7 Å². The molecule has 0 amide bonds. The normalized spacial score (nSPS) is 22.5. The molecule has 0 saturated carbocycles. The van der Waals surface area contributed by atoms with Gasteiger partial charge in [0.15, 0.2) is 11.5 Å². The average Bonchev–Trinajstić information content (AvgIpc) is 2.67. The molecule has 136 valence electrons. The molecule has 0 bridgehead atoms. The lowest BCUT2D eigenvalue weighted by molar-refractivity contribution is -0.125. The predicted molar refractivity (Wildman–Crippen MR) is 101 cm³/mol. The third kappa shape index (κ3) is 2.88. The number of piperidine rings is 1. The van der Waals surface area contributed by atoms with Crippen molar-refractivity contribution in [1.82, 2.24) is 4.90 Å². The lowest BCUT2D eigenvalue weighted by Gasteiger charge is -2.43. The second-order valence-electron chi connectivity index (χ2n) is 7.30. The van der Waals surface area contributed by atoms with Crippen LogP contribution in [0.15, 0.2) is 36.4 Å². The molecule has 0 aliphatic carbocycles. The van der Waals surface area contributed by atoms with Crippen LogP contribution in [0.3, 0.4) is 0 Å². The Kier molecular flexibility index (Phi) is 4.45. The van der Waals surface area contributed by atoms with Crippen LogP contribution in [-0.4, -0.2) is 38.0 Å².